The first kappa shape index (κ1) is 19.3. The number of hydrogen-bond acceptors (Lipinski definition) is 5. The van der Waals surface area contributed by atoms with Crippen LogP contribution in [0, 0.1) is 6.92 Å². The minimum Gasteiger partial charge on any atom is -0.497 e. The molecule has 2 aromatic carbocycles. The second-order valence-corrected chi connectivity index (χ2v) is 5.87. The molecule has 0 spiro atoms. The lowest BCUT2D eigenvalue weighted by Crippen LogP contribution is -2.35. The normalized spacial score (nSPS) is 12.6. The number of hydrogen-bond donors (Lipinski definition) is 1. The second kappa shape index (κ2) is 8.89. The standard InChI is InChI=1S/C20H23NO5/c1-13-5-9-18(10-6-13)25-15(3)20(23)26-14(2)19(22)21-16-7-11-17(24-4)12-8-16/h5-12,14-15H,1-4H3,(H,21,22). The van der Waals surface area contributed by atoms with Crippen molar-refractivity contribution in [3.63, 3.8) is 0 Å². The number of aryl methyl sites for hydroxylation is 1. The summed E-state index contributed by atoms with van der Waals surface area (Å²) in [5.41, 5.74) is 1.68. The molecule has 0 saturated heterocycles. The minimum atomic E-state index is -0.950. The highest BCUT2D eigenvalue weighted by atomic mass is 16.6. The zero-order valence-electron chi connectivity index (χ0n) is 15.3. The number of amides is 1. The number of methoxy groups -OCH3 is 1. The van der Waals surface area contributed by atoms with E-state index in [-0.39, 0.29) is 0 Å². The van der Waals surface area contributed by atoms with E-state index in [1.807, 2.05) is 19.1 Å². The summed E-state index contributed by atoms with van der Waals surface area (Å²) in [5.74, 6) is 0.217. The minimum absolute atomic E-state index is 0.425. The van der Waals surface area contributed by atoms with Gasteiger partial charge in [-0.25, -0.2) is 4.79 Å². The van der Waals surface area contributed by atoms with E-state index in [1.54, 1.807) is 50.4 Å². The summed E-state index contributed by atoms with van der Waals surface area (Å²) >= 11 is 0. The van der Waals surface area contributed by atoms with Crippen LogP contribution in [0.1, 0.15) is 19.4 Å². The largest absolute Gasteiger partial charge is 0.497 e. The molecule has 0 aromatic heterocycles. The van der Waals surface area contributed by atoms with Crippen LogP contribution in [-0.4, -0.2) is 31.2 Å². The van der Waals surface area contributed by atoms with Gasteiger partial charge in [0.2, 0.25) is 0 Å². The number of esters is 1. The number of ether oxygens (including phenoxy) is 3. The van der Waals surface area contributed by atoms with E-state index >= 15 is 0 Å². The van der Waals surface area contributed by atoms with E-state index in [1.165, 1.54) is 6.92 Å². The van der Waals surface area contributed by atoms with Gasteiger partial charge in [-0.15, -0.1) is 0 Å². The van der Waals surface area contributed by atoms with Crippen LogP contribution in [0.2, 0.25) is 0 Å². The van der Waals surface area contributed by atoms with E-state index in [9.17, 15) is 9.59 Å². The highest BCUT2D eigenvalue weighted by Crippen LogP contribution is 2.16. The van der Waals surface area contributed by atoms with Gasteiger partial charge in [0.05, 0.1) is 7.11 Å². The van der Waals surface area contributed by atoms with Gasteiger partial charge in [0.1, 0.15) is 11.5 Å². The molecule has 0 aliphatic heterocycles. The Bertz CT molecular complexity index is 740. The van der Waals surface area contributed by atoms with Crippen molar-refractivity contribution >= 4 is 17.6 Å². The molecule has 0 aliphatic rings. The van der Waals surface area contributed by atoms with Crippen molar-refractivity contribution in [3.05, 3.63) is 54.1 Å². The van der Waals surface area contributed by atoms with Crippen molar-refractivity contribution in [3.8, 4) is 11.5 Å². The quantitative estimate of drug-likeness (QED) is 0.770. The molecule has 2 atom stereocenters. The third-order valence-corrected chi connectivity index (χ3v) is 3.69. The van der Waals surface area contributed by atoms with Crippen LogP contribution in [0.3, 0.4) is 0 Å². The van der Waals surface area contributed by atoms with Gasteiger partial charge in [0.15, 0.2) is 12.2 Å². The predicted octanol–water partition coefficient (Wildman–Crippen LogP) is 3.34. The fourth-order valence-corrected chi connectivity index (χ4v) is 2.11. The maximum atomic E-state index is 12.2. The summed E-state index contributed by atoms with van der Waals surface area (Å²) in [6.07, 6.45) is -1.78. The molecule has 2 rings (SSSR count). The van der Waals surface area contributed by atoms with E-state index in [0.717, 1.165) is 5.56 Å². The molecule has 0 bridgehead atoms. The maximum absolute atomic E-state index is 12.2. The van der Waals surface area contributed by atoms with Crippen LogP contribution in [-0.2, 0) is 14.3 Å². The Morgan fingerprint density at radius 1 is 0.885 bits per heavy atom. The first-order chi connectivity index (χ1) is 12.4. The predicted molar refractivity (Wildman–Crippen MR) is 98.4 cm³/mol. The maximum Gasteiger partial charge on any atom is 0.347 e. The van der Waals surface area contributed by atoms with Gasteiger partial charge in [-0.3, -0.25) is 4.79 Å². The zero-order chi connectivity index (χ0) is 19.1. The number of carbonyl (C=O) groups excluding carboxylic acids is 2. The fourth-order valence-electron chi connectivity index (χ4n) is 2.11. The molecule has 0 saturated carbocycles. The monoisotopic (exact) mass is 357 g/mol. The van der Waals surface area contributed by atoms with Crippen LogP contribution in [0.5, 0.6) is 11.5 Å². The van der Waals surface area contributed by atoms with Crippen molar-refractivity contribution in [1.82, 2.24) is 0 Å². The van der Waals surface area contributed by atoms with Crippen molar-refractivity contribution in [1.29, 1.82) is 0 Å². The average Bonchev–Trinajstić information content (AvgIpc) is 2.64. The van der Waals surface area contributed by atoms with Crippen LogP contribution in [0.4, 0.5) is 5.69 Å². The molecule has 1 N–H and O–H groups in total. The van der Waals surface area contributed by atoms with Gasteiger partial charge in [0, 0.05) is 5.69 Å². The Hall–Kier alpha value is -3.02. The van der Waals surface area contributed by atoms with Crippen molar-refractivity contribution in [2.45, 2.75) is 33.0 Å². The van der Waals surface area contributed by atoms with Gasteiger partial charge in [-0.1, -0.05) is 17.7 Å². The molecule has 0 radical (unpaired) electrons. The fraction of sp³-hybridized carbons (Fsp3) is 0.300. The van der Waals surface area contributed by atoms with Crippen molar-refractivity contribution in [2.24, 2.45) is 0 Å². The summed E-state index contributed by atoms with van der Waals surface area (Å²) in [6.45, 7) is 5.05. The Balaban J connectivity index is 1.86. The third-order valence-electron chi connectivity index (χ3n) is 3.69. The Kier molecular flexibility index (Phi) is 6.60. The molecular formula is C20H23NO5. The van der Waals surface area contributed by atoms with E-state index in [0.29, 0.717) is 17.2 Å². The van der Waals surface area contributed by atoms with Crippen molar-refractivity contribution < 1.29 is 23.8 Å². The van der Waals surface area contributed by atoms with E-state index < -0.39 is 24.1 Å². The highest BCUT2D eigenvalue weighted by molar-refractivity contribution is 5.95. The molecule has 26 heavy (non-hydrogen) atoms. The number of nitrogens with one attached hydrogen (secondary N) is 1. The molecule has 6 nitrogen and oxygen atoms in total. The summed E-state index contributed by atoms with van der Waals surface area (Å²) in [5, 5.41) is 2.68. The highest BCUT2D eigenvalue weighted by Gasteiger charge is 2.23. The lowest BCUT2D eigenvalue weighted by atomic mass is 10.2. The van der Waals surface area contributed by atoms with Crippen LogP contribution >= 0.6 is 0 Å². The summed E-state index contributed by atoms with van der Waals surface area (Å²) in [6, 6.07) is 14.2. The summed E-state index contributed by atoms with van der Waals surface area (Å²) in [4.78, 5) is 24.3. The molecule has 0 heterocycles. The van der Waals surface area contributed by atoms with Gasteiger partial charge in [0.25, 0.3) is 5.91 Å². The Morgan fingerprint density at radius 3 is 2.04 bits per heavy atom. The van der Waals surface area contributed by atoms with Gasteiger partial charge in [-0.05, 0) is 57.2 Å². The number of carbonyl (C=O) groups is 2. The molecule has 0 aliphatic carbocycles. The third kappa shape index (κ3) is 5.51. The molecule has 1 amide bonds. The first-order valence-corrected chi connectivity index (χ1v) is 8.28. The Morgan fingerprint density at radius 2 is 1.46 bits per heavy atom. The molecule has 2 aromatic rings. The molecule has 0 fully saturated rings. The van der Waals surface area contributed by atoms with Crippen molar-refractivity contribution in [2.75, 3.05) is 12.4 Å². The second-order valence-electron chi connectivity index (χ2n) is 5.87. The lowest BCUT2D eigenvalue weighted by molar-refractivity contribution is -0.159. The van der Waals surface area contributed by atoms with Gasteiger partial charge >= 0.3 is 5.97 Å². The van der Waals surface area contributed by atoms with Crippen LogP contribution in [0.15, 0.2) is 48.5 Å². The first-order valence-electron chi connectivity index (χ1n) is 8.28. The number of anilines is 1. The SMILES string of the molecule is COc1ccc(NC(=O)C(C)OC(=O)C(C)Oc2ccc(C)cc2)cc1. The molecule has 138 valence electrons. The summed E-state index contributed by atoms with van der Waals surface area (Å²) < 4.78 is 15.8. The lowest BCUT2D eigenvalue weighted by Gasteiger charge is -2.18. The average molecular weight is 357 g/mol. The van der Waals surface area contributed by atoms with Crippen LogP contribution in [0.25, 0.3) is 0 Å². The number of rotatable bonds is 7. The Labute approximate surface area is 153 Å². The summed E-state index contributed by atoms with van der Waals surface area (Å²) in [7, 11) is 1.56. The number of benzene rings is 2. The molecular weight excluding hydrogens is 334 g/mol. The zero-order valence-corrected chi connectivity index (χ0v) is 15.3. The molecule has 2 unspecified atom stereocenters. The van der Waals surface area contributed by atoms with E-state index in [2.05, 4.69) is 5.32 Å². The van der Waals surface area contributed by atoms with Gasteiger partial charge < -0.3 is 19.5 Å². The van der Waals surface area contributed by atoms with E-state index in [4.69, 9.17) is 14.2 Å². The topological polar surface area (TPSA) is 73.9 Å². The van der Waals surface area contributed by atoms with Crippen LogP contribution < -0.4 is 14.8 Å². The molecule has 6 heteroatoms. The smallest absolute Gasteiger partial charge is 0.347 e. The van der Waals surface area contributed by atoms with Gasteiger partial charge in [-0.2, -0.15) is 0 Å².